The van der Waals surface area contributed by atoms with E-state index in [-0.39, 0.29) is 5.91 Å². The Morgan fingerprint density at radius 1 is 1.03 bits per heavy atom. The Labute approximate surface area is 203 Å². The monoisotopic (exact) mass is 472 g/mol. The molecule has 1 fully saturated rings. The van der Waals surface area contributed by atoms with Gasteiger partial charge in [0, 0.05) is 45.0 Å². The minimum Gasteiger partial charge on any atom is -0.492 e. The van der Waals surface area contributed by atoms with Crippen LogP contribution in [0.15, 0.2) is 61.2 Å². The summed E-state index contributed by atoms with van der Waals surface area (Å²) in [4.78, 5) is 32.1. The number of amides is 1. The highest BCUT2D eigenvalue weighted by atomic mass is 16.5. The van der Waals surface area contributed by atoms with Crippen LogP contribution < -0.4 is 15.4 Å². The van der Waals surface area contributed by atoms with Crippen molar-refractivity contribution in [2.45, 2.75) is 25.9 Å². The molecule has 0 radical (unpaired) electrons. The van der Waals surface area contributed by atoms with E-state index in [1.165, 1.54) is 0 Å². The van der Waals surface area contributed by atoms with Crippen LogP contribution in [-0.4, -0.2) is 61.6 Å². The third kappa shape index (κ3) is 5.65. The van der Waals surface area contributed by atoms with Crippen molar-refractivity contribution in [3.05, 3.63) is 66.7 Å². The number of aromatic nitrogens is 5. The van der Waals surface area contributed by atoms with E-state index in [0.717, 1.165) is 24.3 Å². The van der Waals surface area contributed by atoms with Crippen LogP contribution in [0.3, 0.4) is 0 Å². The molecule has 1 aromatic carbocycles. The lowest BCUT2D eigenvalue weighted by Crippen LogP contribution is -2.28. The summed E-state index contributed by atoms with van der Waals surface area (Å²) in [6.07, 6.45) is 6.87. The molecular weight excluding hydrogens is 444 g/mol. The van der Waals surface area contributed by atoms with Crippen LogP contribution in [0.4, 0.5) is 11.8 Å². The van der Waals surface area contributed by atoms with E-state index < -0.39 is 0 Å². The quantitative estimate of drug-likeness (QED) is 0.321. The molecular formula is C25H28N8O2. The highest BCUT2D eigenvalue weighted by Gasteiger charge is 2.20. The van der Waals surface area contributed by atoms with Gasteiger partial charge in [0.2, 0.25) is 11.9 Å². The molecule has 0 bridgehead atoms. The Morgan fingerprint density at radius 3 is 2.74 bits per heavy atom. The second-order valence-electron chi connectivity index (χ2n) is 8.29. The van der Waals surface area contributed by atoms with Crippen LogP contribution >= 0.6 is 0 Å². The van der Waals surface area contributed by atoms with Gasteiger partial charge in [-0.1, -0.05) is 24.3 Å². The zero-order chi connectivity index (χ0) is 23.9. The number of ether oxygens (including phenoxy) is 1. The fraction of sp³-hybridized carbons (Fsp3) is 0.320. The molecule has 180 valence electrons. The first kappa shape index (κ1) is 22.6. The van der Waals surface area contributed by atoms with E-state index >= 15 is 0 Å². The Hall–Kier alpha value is -4.21. The average molecular weight is 473 g/mol. The van der Waals surface area contributed by atoms with Crippen molar-refractivity contribution in [1.82, 2.24) is 29.4 Å². The molecule has 0 saturated carbocycles. The smallest absolute Gasteiger partial charge is 0.227 e. The fourth-order valence-electron chi connectivity index (χ4n) is 4.02. The molecule has 4 heterocycles. The van der Waals surface area contributed by atoms with Crippen LogP contribution in [0.2, 0.25) is 0 Å². The number of imidazole rings is 1. The predicted molar refractivity (Wildman–Crippen MR) is 133 cm³/mol. The Morgan fingerprint density at radius 2 is 1.94 bits per heavy atom. The van der Waals surface area contributed by atoms with Crippen molar-refractivity contribution in [2.24, 2.45) is 0 Å². The maximum absolute atomic E-state index is 12.0. The van der Waals surface area contributed by atoms with Crippen LogP contribution in [0, 0.1) is 0 Å². The topological polar surface area (TPSA) is 110 Å². The number of hydrogen-bond donors (Lipinski definition) is 2. The summed E-state index contributed by atoms with van der Waals surface area (Å²) in [5, 5.41) is 6.64. The molecule has 2 N–H and O–H groups in total. The van der Waals surface area contributed by atoms with Gasteiger partial charge in [0.15, 0.2) is 17.0 Å². The number of fused-ring (bicyclic) bond motifs is 1. The summed E-state index contributed by atoms with van der Waals surface area (Å²) in [5.74, 6) is 2.16. The number of rotatable bonds is 11. The van der Waals surface area contributed by atoms with E-state index in [9.17, 15) is 4.79 Å². The van der Waals surface area contributed by atoms with Gasteiger partial charge in [0.1, 0.15) is 12.4 Å². The van der Waals surface area contributed by atoms with Gasteiger partial charge in [-0.25, -0.2) is 4.98 Å². The summed E-state index contributed by atoms with van der Waals surface area (Å²) in [5.41, 5.74) is 2.43. The van der Waals surface area contributed by atoms with Crippen molar-refractivity contribution in [2.75, 3.05) is 36.9 Å². The summed E-state index contributed by atoms with van der Waals surface area (Å²) >= 11 is 0. The first-order valence-electron chi connectivity index (χ1n) is 11.8. The highest BCUT2D eigenvalue weighted by Crippen LogP contribution is 2.22. The van der Waals surface area contributed by atoms with E-state index in [2.05, 4.69) is 25.6 Å². The lowest BCUT2D eigenvalue weighted by Gasteiger charge is -2.16. The normalized spacial score (nSPS) is 13.4. The number of carbonyl (C=O) groups excluding carboxylic acids is 1. The molecule has 0 spiro atoms. The third-order valence-electron chi connectivity index (χ3n) is 5.83. The number of likely N-dealkylation sites (tertiary alicyclic amines) is 1. The zero-order valence-corrected chi connectivity index (χ0v) is 19.4. The first-order chi connectivity index (χ1) is 17.3. The third-order valence-corrected chi connectivity index (χ3v) is 5.83. The number of pyridine rings is 1. The van der Waals surface area contributed by atoms with Gasteiger partial charge in [0.25, 0.3) is 0 Å². The summed E-state index contributed by atoms with van der Waals surface area (Å²) in [7, 11) is 0. The van der Waals surface area contributed by atoms with Crippen molar-refractivity contribution >= 4 is 28.8 Å². The summed E-state index contributed by atoms with van der Waals surface area (Å²) in [6, 6.07) is 13.6. The number of anilines is 2. The van der Waals surface area contributed by atoms with Crippen LogP contribution in [0.1, 0.15) is 18.4 Å². The second kappa shape index (κ2) is 10.8. The molecule has 0 atom stereocenters. The maximum Gasteiger partial charge on any atom is 0.227 e. The Kier molecular flexibility index (Phi) is 6.97. The number of para-hydroxylation sites is 1. The molecule has 10 nitrogen and oxygen atoms in total. The van der Waals surface area contributed by atoms with Gasteiger partial charge < -0.3 is 24.8 Å². The second-order valence-corrected chi connectivity index (χ2v) is 8.29. The van der Waals surface area contributed by atoms with Gasteiger partial charge in [0.05, 0.1) is 12.9 Å². The number of nitrogens with one attached hydrogen (secondary N) is 2. The maximum atomic E-state index is 12.0. The summed E-state index contributed by atoms with van der Waals surface area (Å²) in [6.45, 7) is 3.65. The number of hydrogen-bond acceptors (Lipinski definition) is 8. The minimum absolute atomic E-state index is 0.212. The van der Waals surface area contributed by atoms with Crippen molar-refractivity contribution in [1.29, 1.82) is 0 Å². The molecule has 3 aromatic heterocycles. The molecule has 0 unspecified atom stereocenters. The lowest BCUT2D eigenvalue weighted by molar-refractivity contribution is -0.127. The average Bonchev–Trinajstić information content (AvgIpc) is 3.50. The highest BCUT2D eigenvalue weighted by molar-refractivity contribution is 5.84. The van der Waals surface area contributed by atoms with Crippen molar-refractivity contribution < 1.29 is 9.53 Å². The minimum atomic E-state index is 0.212. The number of benzene rings is 1. The van der Waals surface area contributed by atoms with Crippen LogP contribution in [0.5, 0.6) is 5.75 Å². The van der Waals surface area contributed by atoms with Gasteiger partial charge >= 0.3 is 0 Å². The molecule has 4 aromatic rings. The standard InChI is InChI=1S/C25H28N8O2/c34-21-9-5-12-32(21)13-14-33-18-29-22-23(27-11-15-35-20-7-2-1-3-8-20)30-25(31-24(22)33)28-17-19-6-4-10-26-16-19/h1-4,6-8,10,16,18H,5,9,11-15,17H2,(H2,27,28,30,31). The molecule has 10 heteroatoms. The number of nitrogens with zero attached hydrogens (tertiary/aromatic N) is 6. The molecule has 1 aliphatic heterocycles. The van der Waals surface area contributed by atoms with Gasteiger partial charge in [-0.15, -0.1) is 0 Å². The van der Waals surface area contributed by atoms with E-state index in [1.54, 1.807) is 12.5 Å². The number of carbonyl (C=O) groups is 1. The van der Waals surface area contributed by atoms with Crippen LogP contribution in [-0.2, 0) is 17.9 Å². The Balaban J connectivity index is 1.32. The van der Waals surface area contributed by atoms with Gasteiger partial charge in [-0.05, 0) is 30.2 Å². The van der Waals surface area contributed by atoms with Crippen LogP contribution in [0.25, 0.3) is 11.2 Å². The summed E-state index contributed by atoms with van der Waals surface area (Å²) < 4.78 is 7.77. The fourth-order valence-corrected chi connectivity index (χ4v) is 4.02. The van der Waals surface area contributed by atoms with E-state index in [4.69, 9.17) is 9.72 Å². The largest absolute Gasteiger partial charge is 0.492 e. The molecule has 0 aliphatic carbocycles. The van der Waals surface area contributed by atoms with E-state index in [1.807, 2.05) is 58.1 Å². The SMILES string of the molecule is O=C1CCCN1CCn1cnc2c(NCCOc3ccccc3)nc(NCc3cccnc3)nc21. The molecule has 35 heavy (non-hydrogen) atoms. The van der Waals surface area contributed by atoms with E-state index in [0.29, 0.717) is 62.1 Å². The predicted octanol–water partition coefficient (Wildman–Crippen LogP) is 2.95. The van der Waals surface area contributed by atoms with Crippen molar-refractivity contribution in [3.8, 4) is 5.75 Å². The van der Waals surface area contributed by atoms with Gasteiger partial charge in [-0.2, -0.15) is 9.97 Å². The molecule has 1 saturated heterocycles. The first-order valence-corrected chi connectivity index (χ1v) is 11.8. The molecule has 1 aliphatic rings. The zero-order valence-electron chi connectivity index (χ0n) is 19.4. The lowest BCUT2D eigenvalue weighted by atomic mass is 10.3. The Bertz CT molecular complexity index is 1260. The molecule has 1 amide bonds. The van der Waals surface area contributed by atoms with Crippen molar-refractivity contribution in [3.63, 3.8) is 0 Å². The molecule has 5 rings (SSSR count). The van der Waals surface area contributed by atoms with Gasteiger partial charge in [-0.3, -0.25) is 9.78 Å².